The van der Waals surface area contributed by atoms with Gasteiger partial charge in [-0.2, -0.15) is 0 Å². The standard InChI is InChI=1S/C13H20N2O2/c1-3-6-9(4-2)15-11-8-5-7-10(12(11)14)13(16)17/h5,7-9,15H,3-4,6,14H2,1-2H3,(H,16,17). The van der Waals surface area contributed by atoms with Crippen LogP contribution in [0.4, 0.5) is 11.4 Å². The number of anilines is 2. The summed E-state index contributed by atoms with van der Waals surface area (Å²) in [5, 5.41) is 12.3. The molecule has 94 valence electrons. The van der Waals surface area contributed by atoms with Gasteiger partial charge in [-0.25, -0.2) is 4.79 Å². The molecule has 4 heteroatoms. The number of rotatable bonds is 6. The van der Waals surface area contributed by atoms with Crippen molar-refractivity contribution in [2.24, 2.45) is 0 Å². The SMILES string of the molecule is CCCC(CC)Nc1cccc(C(=O)O)c1N. The summed E-state index contributed by atoms with van der Waals surface area (Å²) in [4.78, 5) is 10.9. The number of carbonyl (C=O) groups is 1. The summed E-state index contributed by atoms with van der Waals surface area (Å²) in [5.74, 6) is -0.991. The summed E-state index contributed by atoms with van der Waals surface area (Å²) in [6, 6.07) is 5.39. The Balaban J connectivity index is 2.91. The van der Waals surface area contributed by atoms with Crippen LogP contribution >= 0.6 is 0 Å². The lowest BCUT2D eigenvalue weighted by atomic mass is 10.1. The average molecular weight is 236 g/mol. The second-order valence-electron chi connectivity index (χ2n) is 4.11. The largest absolute Gasteiger partial charge is 0.478 e. The van der Waals surface area contributed by atoms with E-state index in [4.69, 9.17) is 10.8 Å². The molecule has 0 saturated carbocycles. The normalized spacial score (nSPS) is 12.1. The Labute approximate surface area is 102 Å². The third-order valence-corrected chi connectivity index (χ3v) is 2.83. The molecule has 17 heavy (non-hydrogen) atoms. The summed E-state index contributed by atoms with van der Waals surface area (Å²) in [6.45, 7) is 4.23. The summed E-state index contributed by atoms with van der Waals surface area (Å²) in [5.41, 5.74) is 7.02. The Morgan fingerprint density at radius 3 is 2.71 bits per heavy atom. The highest BCUT2D eigenvalue weighted by Crippen LogP contribution is 2.24. The molecule has 0 aromatic heterocycles. The van der Waals surface area contributed by atoms with Gasteiger partial charge in [0, 0.05) is 6.04 Å². The van der Waals surface area contributed by atoms with Crippen LogP contribution in [0.1, 0.15) is 43.5 Å². The predicted octanol–water partition coefficient (Wildman–Crippen LogP) is 2.96. The zero-order valence-corrected chi connectivity index (χ0v) is 10.4. The van der Waals surface area contributed by atoms with E-state index < -0.39 is 5.97 Å². The quantitative estimate of drug-likeness (QED) is 0.664. The topological polar surface area (TPSA) is 75.3 Å². The third kappa shape index (κ3) is 3.37. The maximum Gasteiger partial charge on any atom is 0.337 e. The first-order chi connectivity index (χ1) is 8.10. The molecule has 1 unspecified atom stereocenters. The molecule has 0 spiro atoms. The number of aromatic carboxylic acids is 1. The Morgan fingerprint density at radius 1 is 1.47 bits per heavy atom. The van der Waals surface area contributed by atoms with Gasteiger partial charge in [0.05, 0.1) is 16.9 Å². The van der Waals surface area contributed by atoms with Gasteiger partial charge in [-0.05, 0) is 25.0 Å². The van der Waals surface area contributed by atoms with E-state index in [0.717, 1.165) is 19.3 Å². The number of carboxylic acid groups (broad SMARTS) is 1. The molecule has 0 bridgehead atoms. The van der Waals surface area contributed by atoms with Gasteiger partial charge >= 0.3 is 5.97 Å². The first kappa shape index (κ1) is 13.4. The minimum absolute atomic E-state index is 0.154. The molecule has 1 aromatic carbocycles. The highest BCUT2D eigenvalue weighted by Gasteiger charge is 2.13. The lowest BCUT2D eigenvalue weighted by Gasteiger charge is -2.19. The van der Waals surface area contributed by atoms with E-state index in [0.29, 0.717) is 17.4 Å². The minimum Gasteiger partial charge on any atom is -0.478 e. The Morgan fingerprint density at radius 2 is 2.18 bits per heavy atom. The Kier molecular flexibility index (Phi) is 4.82. The summed E-state index contributed by atoms with van der Waals surface area (Å²) < 4.78 is 0. The highest BCUT2D eigenvalue weighted by atomic mass is 16.4. The van der Waals surface area contributed by atoms with Gasteiger partial charge in [0.1, 0.15) is 0 Å². The van der Waals surface area contributed by atoms with E-state index in [-0.39, 0.29) is 5.56 Å². The molecule has 0 radical (unpaired) electrons. The van der Waals surface area contributed by atoms with Gasteiger partial charge in [0.25, 0.3) is 0 Å². The molecule has 1 rings (SSSR count). The van der Waals surface area contributed by atoms with Crippen molar-refractivity contribution < 1.29 is 9.90 Å². The van der Waals surface area contributed by atoms with Crippen LogP contribution in [0.15, 0.2) is 18.2 Å². The van der Waals surface area contributed by atoms with Crippen LogP contribution in [-0.2, 0) is 0 Å². The molecule has 0 fully saturated rings. The Bertz CT molecular complexity index is 391. The van der Waals surface area contributed by atoms with Crippen molar-refractivity contribution in [1.82, 2.24) is 0 Å². The molecule has 4 nitrogen and oxygen atoms in total. The van der Waals surface area contributed by atoms with Crippen LogP contribution in [-0.4, -0.2) is 17.1 Å². The number of nitrogens with two attached hydrogens (primary N) is 1. The zero-order chi connectivity index (χ0) is 12.8. The van der Waals surface area contributed by atoms with Crippen molar-refractivity contribution in [3.63, 3.8) is 0 Å². The van der Waals surface area contributed by atoms with Gasteiger partial charge < -0.3 is 16.2 Å². The number of benzene rings is 1. The summed E-state index contributed by atoms with van der Waals surface area (Å²) in [7, 11) is 0. The van der Waals surface area contributed by atoms with Gasteiger partial charge in [-0.15, -0.1) is 0 Å². The van der Waals surface area contributed by atoms with Crippen LogP contribution < -0.4 is 11.1 Å². The van der Waals surface area contributed by atoms with Crippen LogP contribution in [0.3, 0.4) is 0 Å². The fourth-order valence-electron chi connectivity index (χ4n) is 1.82. The van der Waals surface area contributed by atoms with Gasteiger partial charge in [0.15, 0.2) is 0 Å². The first-order valence-electron chi connectivity index (χ1n) is 5.98. The number of nitrogens with one attached hydrogen (secondary N) is 1. The smallest absolute Gasteiger partial charge is 0.337 e. The zero-order valence-electron chi connectivity index (χ0n) is 10.4. The molecule has 0 saturated heterocycles. The second kappa shape index (κ2) is 6.13. The van der Waals surface area contributed by atoms with E-state index >= 15 is 0 Å². The van der Waals surface area contributed by atoms with Gasteiger partial charge in [0.2, 0.25) is 0 Å². The maximum atomic E-state index is 10.9. The van der Waals surface area contributed by atoms with Crippen molar-refractivity contribution in [1.29, 1.82) is 0 Å². The van der Waals surface area contributed by atoms with Gasteiger partial charge in [-0.3, -0.25) is 0 Å². The van der Waals surface area contributed by atoms with Crippen molar-refractivity contribution in [3.8, 4) is 0 Å². The van der Waals surface area contributed by atoms with Crippen molar-refractivity contribution in [3.05, 3.63) is 23.8 Å². The van der Waals surface area contributed by atoms with E-state index in [1.165, 1.54) is 6.07 Å². The van der Waals surface area contributed by atoms with Crippen molar-refractivity contribution >= 4 is 17.3 Å². The van der Waals surface area contributed by atoms with E-state index in [1.54, 1.807) is 6.07 Å². The molecular formula is C13H20N2O2. The molecule has 0 aliphatic carbocycles. The van der Waals surface area contributed by atoms with Crippen molar-refractivity contribution in [2.75, 3.05) is 11.1 Å². The van der Waals surface area contributed by atoms with Gasteiger partial charge in [-0.1, -0.05) is 26.3 Å². The van der Waals surface area contributed by atoms with Crippen LogP contribution in [0, 0.1) is 0 Å². The lowest BCUT2D eigenvalue weighted by molar-refractivity contribution is 0.0698. The number of para-hydroxylation sites is 1. The number of nitrogen functional groups attached to an aromatic ring is 1. The number of hydrogen-bond donors (Lipinski definition) is 3. The van der Waals surface area contributed by atoms with Crippen LogP contribution in [0.2, 0.25) is 0 Å². The third-order valence-electron chi connectivity index (χ3n) is 2.83. The average Bonchev–Trinajstić information content (AvgIpc) is 2.30. The minimum atomic E-state index is -0.991. The van der Waals surface area contributed by atoms with Crippen LogP contribution in [0.25, 0.3) is 0 Å². The highest BCUT2D eigenvalue weighted by molar-refractivity contribution is 5.97. The summed E-state index contributed by atoms with van der Waals surface area (Å²) in [6.07, 6.45) is 3.13. The van der Waals surface area contributed by atoms with Crippen molar-refractivity contribution in [2.45, 2.75) is 39.2 Å². The number of hydrogen-bond acceptors (Lipinski definition) is 3. The number of carboxylic acids is 1. The molecule has 0 heterocycles. The second-order valence-corrected chi connectivity index (χ2v) is 4.11. The van der Waals surface area contributed by atoms with E-state index in [2.05, 4.69) is 19.2 Å². The fraction of sp³-hybridized carbons (Fsp3) is 0.462. The van der Waals surface area contributed by atoms with Crippen LogP contribution in [0.5, 0.6) is 0 Å². The molecule has 1 aromatic rings. The maximum absolute atomic E-state index is 10.9. The molecule has 4 N–H and O–H groups in total. The van der Waals surface area contributed by atoms with E-state index in [9.17, 15) is 4.79 Å². The fourth-order valence-corrected chi connectivity index (χ4v) is 1.82. The molecule has 0 amide bonds. The van der Waals surface area contributed by atoms with E-state index in [1.807, 2.05) is 6.07 Å². The summed E-state index contributed by atoms with van der Waals surface area (Å²) >= 11 is 0. The predicted molar refractivity (Wildman–Crippen MR) is 70.4 cm³/mol. The monoisotopic (exact) mass is 236 g/mol. The Hall–Kier alpha value is -1.71. The molecule has 0 aliphatic rings. The molecular weight excluding hydrogens is 216 g/mol. The molecule has 1 atom stereocenters. The first-order valence-corrected chi connectivity index (χ1v) is 5.98. The lowest BCUT2D eigenvalue weighted by Crippen LogP contribution is -2.19. The molecule has 0 aliphatic heterocycles.